The van der Waals surface area contributed by atoms with Crippen molar-refractivity contribution >= 4 is 23.4 Å². The van der Waals surface area contributed by atoms with Crippen LogP contribution in [0.15, 0.2) is 24.3 Å². The van der Waals surface area contributed by atoms with Crippen LogP contribution in [0.25, 0.3) is 0 Å². The Kier molecular flexibility index (Phi) is 4.58. The summed E-state index contributed by atoms with van der Waals surface area (Å²) < 4.78 is 5.58. The van der Waals surface area contributed by atoms with Crippen LogP contribution in [0.2, 0.25) is 0 Å². The minimum absolute atomic E-state index is 0.00889. The number of nitrogen functional groups attached to an aromatic ring is 1. The molecule has 0 saturated carbocycles. The summed E-state index contributed by atoms with van der Waals surface area (Å²) in [4.78, 5) is 11.7. The summed E-state index contributed by atoms with van der Waals surface area (Å²) >= 11 is 1.93. The average molecular weight is 280 g/mol. The van der Waals surface area contributed by atoms with Gasteiger partial charge in [-0.25, -0.2) is 0 Å². The lowest BCUT2D eigenvalue weighted by Crippen LogP contribution is -2.39. The Labute approximate surface area is 118 Å². The van der Waals surface area contributed by atoms with Crippen LogP contribution < -0.4 is 15.8 Å². The van der Waals surface area contributed by atoms with E-state index in [-0.39, 0.29) is 17.3 Å². The topological polar surface area (TPSA) is 64.3 Å². The molecule has 1 aromatic rings. The molecule has 1 aliphatic heterocycles. The summed E-state index contributed by atoms with van der Waals surface area (Å²) in [5.74, 6) is 1.64. The number of rotatable bonds is 5. The first kappa shape index (κ1) is 14.1. The predicted octanol–water partition coefficient (Wildman–Crippen LogP) is 2.05. The summed E-state index contributed by atoms with van der Waals surface area (Å²) in [6.07, 6.45) is 2.39. The maximum atomic E-state index is 11.7. The van der Waals surface area contributed by atoms with Crippen molar-refractivity contribution in [3.05, 3.63) is 24.3 Å². The Morgan fingerprint density at radius 1 is 1.53 bits per heavy atom. The van der Waals surface area contributed by atoms with Gasteiger partial charge in [0.05, 0.1) is 5.69 Å². The monoisotopic (exact) mass is 280 g/mol. The third kappa shape index (κ3) is 4.06. The standard InChI is InChI=1S/C14H20N2O2S/c1-14(7-4-8-19-14)10-16-13(17)9-18-12-6-3-2-5-11(12)15/h2-3,5-6H,4,7-10,15H2,1H3,(H,16,17). The molecule has 1 unspecified atom stereocenters. The van der Waals surface area contributed by atoms with Gasteiger partial charge in [-0.05, 0) is 37.7 Å². The summed E-state index contributed by atoms with van der Waals surface area (Å²) in [6.45, 7) is 2.90. The smallest absolute Gasteiger partial charge is 0.257 e. The Bertz CT molecular complexity index is 445. The van der Waals surface area contributed by atoms with Crippen LogP contribution in [0.5, 0.6) is 5.75 Å². The molecular weight excluding hydrogens is 260 g/mol. The highest BCUT2D eigenvalue weighted by Crippen LogP contribution is 2.36. The molecule has 19 heavy (non-hydrogen) atoms. The number of hydrogen-bond donors (Lipinski definition) is 2. The van der Waals surface area contributed by atoms with Gasteiger partial charge in [0.1, 0.15) is 5.75 Å². The van der Waals surface area contributed by atoms with E-state index in [1.807, 2.05) is 23.9 Å². The molecule has 1 amide bonds. The highest BCUT2D eigenvalue weighted by Gasteiger charge is 2.29. The zero-order valence-corrected chi connectivity index (χ0v) is 12.0. The number of thioether (sulfide) groups is 1. The van der Waals surface area contributed by atoms with E-state index in [1.165, 1.54) is 12.2 Å². The average Bonchev–Trinajstić information content (AvgIpc) is 2.83. The van der Waals surface area contributed by atoms with Gasteiger partial charge in [0.2, 0.25) is 0 Å². The fraction of sp³-hybridized carbons (Fsp3) is 0.500. The summed E-state index contributed by atoms with van der Waals surface area (Å²) in [5.41, 5.74) is 6.29. The molecule has 0 bridgehead atoms. The largest absolute Gasteiger partial charge is 0.482 e. The van der Waals surface area contributed by atoms with Gasteiger partial charge >= 0.3 is 0 Å². The number of nitrogens with two attached hydrogens (primary N) is 1. The van der Waals surface area contributed by atoms with Gasteiger partial charge in [-0.15, -0.1) is 0 Å². The number of ether oxygens (including phenoxy) is 1. The van der Waals surface area contributed by atoms with Crippen molar-refractivity contribution in [1.29, 1.82) is 0 Å². The summed E-state index contributed by atoms with van der Waals surface area (Å²) in [7, 11) is 0. The zero-order valence-electron chi connectivity index (χ0n) is 11.1. The van der Waals surface area contributed by atoms with Crippen molar-refractivity contribution in [2.75, 3.05) is 24.6 Å². The maximum absolute atomic E-state index is 11.7. The fourth-order valence-corrected chi connectivity index (χ4v) is 3.31. The van der Waals surface area contributed by atoms with Crippen LogP contribution in [0.1, 0.15) is 19.8 Å². The number of hydrogen-bond acceptors (Lipinski definition) is 4. The van der Waals surface area contributed by atoms with Crippen LogP contribution in [-0.4, -0.2) is 29.6 Å². The number of carbonyl (C=O) groups excluding carboxylic acids is 1. The quantitative estimate of drug-likeness (QED) is 0.810. The van der Waals surface area contributed by atoms with E-state index in [9.17, 15) is 4.79 Å². The van der Waals surface area contributed by atoms with Crippen molar-refractivity contribution in [3.63, 3.8) is 0 Å². The molecule has 0 aromatic heterocycles. The fourth-order valence-electron chi connectivity index (χ4n) is 2.07. The van der Waals surface area contributed by atoms with E-state index in [0.717, 1.165) is 6.42 Å². The van der Waals surface area contributed by atoms with Crippen molar-refractivity contribution in [1.82, 2.24) is 5.32 Å². The maximum Gasteiger partial charge on any atom is 0.257 e. The Hall–Kier alpha value is -1.36. The number of benzene rings is 1. The molecule has 1 heterocycles. The van der Waals surface area contributed by atoms with Gasteiger partial charge < -0.3 is 15.8 Å². The van der Waals surface area contributed by atoms with E-state index >= 15 is 0 Å². The van der Waals surface area contributed by atoms with E-state index in [4.69, 9.17) is 10.5 Å². The number of nitrogens with one attached hydrogen (secondary N) is 1. The van der Waals surface area contributed by atoms with Crippen molar-refractivity contribution < 1.29 is 9.53 Å². The first-order valence-electron chi connectivity index (χ1n) is 6.47. The van der Waals surface area contributed by atoms with Gasteiger partial charge in [0.25, 0.3) is 5.91 Å². The molecule has 1 saturated heterocycles. The Morgan fingerprint density at radius 2 is 2.32 bits per heavy atom. The second kappa shape index (κ2) is 6.19. The summed E-state index contributed by atoms with van der Waals surface area (Å²) in [5, 5.41) is 2.93. The van der Waals surface area contributed by atoms with Gasteiger partial charge in [0, 0.05) is 11.3 Å². The highest BCUT2D eigenvalue weighted by molar-refractivity contribution is 8.00. The molecule has 1 aromatic carbocycles. The molecule has 0 radical (unpaired) electrons. The lowest BCUT2D eigenvalue weighted by Gasteiger charge is -2.22. The highest BCUT2D eigenvalue weighted by atomic mass is 32.2. The lowest BCUT2D eigenvalue weighted by molar-refractivity contribution is -0.123. The van der Waals surface area contributed by atoms with Crippen molar-refractivity contribution in [3.8, 4) is 5.75 Å². The molecule has 2 rings (SSSR count). The minimum atomic E-state index is -0.100. The second-order valence-electron chi connectivity index (χ2n) is 5.01. The Balaban J connectivity index is 1.74. The SMILES string of the molecule is CC1(CNC(=O)COc2ccccc2N)CCCS1. The van der Waals surface area contributed by atoms with Crippen LogP contribution in [-0.2, 0) is 4.79 Å². The van der Waals surface area contributed by atoms with Gasteiger partial charge in [-0.2, -0.15) is 11.8 Å². The Morgan fingerprint density at radius 3 is 3.00 bits per heavy atom. The van der Waals surface area contributed by atoms with E-state index < -0.39 is 0 Å². The van der Waals surface area contributed by atoms with Crippen LogP contribution in [0, 0.1) is 0 Å². The summed E-state index contributed by atoms with van der Waals surface area (Å²) in [6, 6.07) is 7.18. The van der Waals surface area contributed by atoms with E-state index in [2.05, 4.69) is 12.2 Å². The lowest BCUT2D eigenvalue weighted by atomic mass is 10.1. The first-order valence-corrected chi connectivity index (χ1v) is 7.46. The van der Waals surface area contributed by atoms with Crippen molar-refractivity contribution in [2.45, 2.75) is 24.5 Å². The molecule has 0 spiro atoms. The number of amides is 1. The number of para-hydroxylation sites is 2. The first-order chi connectivity index (χ1) is 9.09. The van der Waals surface area contributed by atoms with Crippen molar-refractivity contribution in [2.24, 2.45) is 0 Å². The molecule has 1 fully saturated rings. The van der Waals surface area contributed by atoms with E-state index in [0.29, 0.717) is 18.0 Å². The normalized spacial score (nSPS) is 22.2. The van der Waals surface area contributed by atoms with Gasteiger partial charge in [-0.3, -0.25) is 4.79 Å². The molecule has 1 atom stereocenters. The molecular formula is C14H20N2O2S. The number of carbonyl (C=O) groups is 1. The molecule has 3 N–H and O–H groups in total. The minimum Gasteiger partial charge on any atom is -0.482 e. The van der Waals surface area contributed by atoms with Gasteiger partial charge in [-0.1, -0.05) is 12.1 Å². The number of anilines is 1. The molecule has 4 nitrogen and oxygen atoms in total. The molecule has 1 aliphatic rings. The molecule has 0 aliphatic carbocycles. The third-order valence-electron chi connectivity index (χ3n) is 3.24. The zero-order chi connectivity index (χ0) is 13.7. The predicted molar refractivity (Wildman–Crippen MR) is 79.5 cm³/mol. The van der Waals surface area contributed by atoms with Crippen LogP contribution in [0.3, 0.4) is 0 Å². The van der Waals surface area contributed by atoms with Gasteiger partial charge in [0.15, 0.2) is 6.61 Å². The second-order valence-corrected chi connectivity index (χ2v) is 6.69. The van der Waals surface area contributed by atoms with E-state index in [1.54, 1.807) is 12.1 Å². The molecule has 5 heteroatoms. The van der Waals surface area contributed by atoms with Crippen LogP contribution in [0.4, 0.5) is 5.69 Å². The molecule has 104 valence electrons. The third-order valence-corrected chi connectivity index (χ3v) is 4.78. The van der Waals surface area contributed by atoms with Crippen LogP contribution >= 0.6 is 11.8 Å².